The molecule has 0 spiro atoms. The number of ether oxygens (including phenoxy) is 2. The molecule has 2 aromatic rings. The maximum atomic E-state index is 11.6. The van der Waals surface area contributed by atoms with Gasteiger partial charge in [-0.25, -0.2) is 0 Å². The van der Waals surface area contributed by atoms with Gasteiger partial charge in [0.2, 0.25) is 0 Å². The summed E-state index contributed by atoms with van der Waals surface area (Å²) >= 11 is 0. The van der Waals surface area contributed by atoms with Gasteiger partial charge in [0, 0.05) is 6.04 Å². The van der Waals surface area contributed by atoms with Crippen LogP contribution in [0, 0.1) is 13.8 Å². The molecule has 4 heteroatoms. The van der Waals surface area contributed by atoms with Crippen molar-refractivity contribution < 1.29 is 14.3 Å². The molecule has 23 heavy (non-hydrogen) atoms. The number of carbonyl (C=O) groups is 1. The predicted molar refractivity (Wildman–Crippen MR) is 90.6 cm³/mol. The minimum atomic E-state index is -0.407. The number of esters is 1. The fourth-order valence-electron chi connectivity index (χ4n) is 2.40. The zero-order chi connectivity index (χ0) is 16.8. The van der Waals surface area contributed by atoms with E-state index in [1.54, 1.807) is 6.92 Å². The topological polar surface area (TPSA) is 61.5 Å². The SMILES string of the molecule is CCOC(=O)C[C@H](N)c1cccc(Oc2c(C)cccc2C)c1. The van der Waals surface area contributed by atoms with E-state index in [1.807, 2.05) is 56.3 Å². The number of para-hydroxylation sites is 1. The van der Waals surface area contributed by atoms with Gasteiger partial charge in [-0.3, -0.25) is 4.79 Å². The summed E-state index contributed by atoms with van der Waals surface area (Å²) in [6, 6.07) is 13.1. The molecule has 0 aromatic heterocycles. The van der Waals surface area contributed by atoms with Crippen LogP contribution in [-0.4, -0.2) is 12.6 Å². The number of rotatable bonds is 6. The molecule has 0 bridgehead atoms. The van der Waals surface area contributed by atoms with E-state index in [4.69, 9.17) is 15.2 Å². The summed E-state index contributed by atoms with van der Waals surface area (Å²) in [5.41, 5.74) is 9.09. The summed E-state index contributed by atoms with van der Waals surface area (Å²) in [5, 5.41) is 0. The number of nitrogens with two attached hydrogens (primary N) is 1. The molecule has 0 aliphatic rings. The average Bonchev–Trinajstić information content (AvgIpc) is 2.51. The van der Waals surface area contributed by atoms with Gasteiger partial charge in [-0.1, -0.05) is 30.3 Å². The highest BCUT2D eigenvalue weighted by molar-refractivity contribution is 5.70. The summed E-state index contributed by atoms with van der Waals surface area (Å²) < 4.78 is 11.0. The van der Waals surface area contributed by atoms with Crippen LogP contribution in [0.3, 0.4) is 0 Å². The zero-order valence-corrected chi connectivity index (χ0v) is 13.8. The highest BCUT2D eigenvalue weighted by Gasteiger charge is 2.13. The van der Waals surface area contributed by atoms with Gasteiger partial charge in [0.25, 0.3) is 0 Å². The first-order chi connectivity index (χ1) is 11.0. The summed E-state index contributed by atoms with van der Waals surface area (Å²) in [5.74, 6) is 1.27. The van der Waals surface area contributed by atoms with Gasteiger partial charge in [0.15, 0.2) is 0 Å². The van der Waals surface area contributed by atoms with E-state index in [9.17, 15) is 4.79 Å². The van der Waals surface area contributed by atoms with Gasteiger partial charge < -0.3 is 15.2 Å². The van der Waals surface area contributed by atoms with E-state index in [0.29, 0.717) is 12.4 Å². The van der Waals surface area contributed by atoms with Gasteiger partial charge in [-0.15, -0.1) is 0 Å². The molecule has 0 heterocycles. The van der Waals surface area contributed by atoms with Gasteiger partial charge in [0.05, 0.1) is 13.0 Å². The summed E-state index contributed by atoms with van der Waals surface area (Å²) in [7, 11) is 0. The van der Waals surface area contributed by atoms with Crippen LogP contribution in [0.1, 0.15) is 36.1 Å². The highest BCUT2D eigenvalue weighted by Crippen LogP contribution is 2.30. The Morgan fingerprint density at radius 1 is 1.13 bits per heavy atom. The molecule has 2 rings (SSSR count). The molecule has 0 aliphatic heterocycles. The standard InChI is InChI=1S/C19H23NO3/c1-4-22-18(21)12-17(20)15-9-6-10-16(11-15)23-19-13(2)7-5-8-14(19)3/h5-11,17H,4,12,20H2,1-3H3/t17-/m0/s1. The van der Waals surface area contributed by atoms with Crippen molar-refractivity contribution >= 4 is 5.97 Å². The lowest BCUT2D eigenvalue weighted by atomic mass is 10.0. The Morgan fingerprint density at radius 3 is 2.43 bits per heavy atom. The molecule has 0 amide bonds. The molecule has 2 aromatic carbocycles. The molecule has 0 unspecified atom stereocenters. The molecular formula is C19H23NO3. The van der Waals surface area contributed by atoms with E-state index in [0.717, 1.165) is 22.4 Å². The van der Waals surface area contributed by atoms with E-state index in [2.05, 4.69) is 0 Å². The summed E-state index contributed by atoms with van der Waals surface area (Å²) in [4.78, 5) is 11.6. The van der Waals surface area contributed by atoms with Crippen LogP contribution in [0.4, 0.5) is 0 Å². The van der Waals surface area contributed by atoms with Crippen LogP contribution in [0.25, 0.3) is 0 Å². The van der Waals surface area contributed by atoms with Crippen molar-refractivity contribution in [3.05, 3.63) is 59.2 Å². The second kappa shape index (κ2) is 7.79. The summed E-state index contributed by atoms with van der Waals surface area (Å²) in [6.45, 7) is 6.17. The fourth-order valence-corrected chi connectivity index (χ4v) is 2.40. The zero-order valence-electron chi connectivity index (χ0n) is 13.8. The summed E-state index contributed by atoms with van der Waals surface area (Å²) in [6.07, 6.45) is 0.153. The van der Waals surface area contributed by atoms with Crippen molar-refractivity contribution in [1.29, 1.82) is 0 Å². The molecule has 0 fully saturated rings. The Bertz CT molecular complexity index is 662. The number of aryl methyl sites for hydroxylation is 2. The second-order valence-corrected chi connectivity index (χ2v) is 5.51. The molecule has 0 radical (unpaired) electrons. The van der Waals surface area contributed by atoms with Crippen LogP contribution in [0.2, 0.25) is 0 Å². The van der Waals surface area contributed by atoms with Crippen molar-refractivity contribution in [3.63, 3.8) is 0 Å². The average molecular weight is 313 g/mol. The van der Waals surface area contributed by atoms with Crippen molar-refractivity contribution in [2.45, 2.75) is 33.2 Å². The Morgan fingerprint density at radius 2 is 1.78 bits per heavy atom. The van der Waals surface area contributed by atoms with E-state index >= 15 is 0 Å². The number of hydrogen-bond donors (Lipinski definition) is 1. The first-order valence-corrected chi connectivity index (χ1v) is 7.76. The second-order valence-electron chi connectivity index (χ2n) is 5.51. The normalized spacial score (nSPS) is 11.8. The number of benzene rings is 2. The van der Waals surface area contributed by atoms with Crippen LogP contribution in [-0.2, 0) is 9.53 Å². The number of hydrogen-bond acceptors (Lipinski definition) is 4. The van der Waals surface area contributed by atoms with Gasteiger partial charge in [0.1, 0.15) is 11.5 Å². The minimum Gasteiger partial charge on any atom is -0.466 e. The molecule has 0 saturated carbocycles. The third kappa shape index (κ3) is 4.57. The molecule has 2 N–H and O–H groups in total. The van der Waals surface area contributed by atoms with Crippen LogP contribution in [0.15, 0.2) is 42.5 Å². The molecule has 122 valence electrons. The lowest BCUT2D eigenvalue weighted by Crippen LogP contribution is -2.17. The lowest BCUT2D eigenvalue weighted by Gasteiger charge is -2.15. The Labute approximate surface area is 137 Å². The lowest BCUT2D eigenvalue weighted by molar-refractivity contribution is -0.143. The van der Waals surface area contributed by atoms with Gasteiger partial charge in [-0.2, -0.15) is 0 Å². The third-order valence-corrected chi connectivity index (χ3v) is 3.61. The molecule has 0 aliphatic carbocycles. The van der Waals surface area contributed by atoms with Crippen molar-refractivity contribution in [1.82, 2.24) is 0 Å². The van der Waals surface area contributed by atoms with Crippen LogP contribution in [0.5, 0.6) is 11.5 Å². The third-order valence-electron chi connectivity index (χ3n) is 3.61. The predicted octanol–water partition coefficient (Wildman–Crippen LogP) is 4.05. The quantitative estimate of drug-likeness (QED) is 0.817. The van der Waals surface area contributed by atoms with E-state index in [1.165, 1.54) is 0 Å². The van der Waals surface area contributed by atoms with Gasteiger partial charge in [-0.05, 0) is 49.6 Å². The molecule has 1 atom stereocenters. The Hall–Kier alpha value is -2.33. The first kappa shape index (κ1) is 17.0. The van der Waals surface area contributed by atoms with Crippen LogP contribution < -0.4 is 10.5 Å². The monoisotopic (exact) mass is 313 g/mol. The maximum Gasteiger partial charge on any atom is 0.307 e. The highest BCUT2D eigenvalue weighted by atomic mass is 16.5. The van der Waals surface area contributed by atoms with Crippen molar-refractivity contribution in [3.8, 4) is 11.5 Å². The number of carbonyl (C=O) groups excluding carboxylic acids is 1. The fraction of sp³-hybridized carbons (Fsp3) is 0.316. The first-order valence-electron chi connectivity index (χ1n) is 7.76. The smallest absolute Gasteiger partial charge is 0.307 e. The Balaban J connectivity index is 2.15. The largest absolute Gasteiger partial charge is 0.466 e. The molecular weight excluding hydrogens is 290 g/mol. The Kier molecular flexibility index (Phi) is 5.77. The van der Waals surface area contributed by atoms with Gasteiger partial charge >= 0.3 is 5.97 Å². The van der Waals surface area contributed by atoms with Crippen LogP contribution >= 0.6 is 0 Å². The van der Waals surface area contributed by atoms with Crippen molar-refractivity contribution in [2.75, 3.05) is 6.61 Å². The van der Waals surface area contributed by atoms with E-state index in [-0.39, 0.29) is 12.4 Å². The van der Waals surface area contributed by atoms with Crippen molar-refractivity contribution in [2.24, 2.45) is 5.73 Å². The van der Waals surface area contributed by atoms with E-state index < -0.39 is 6.04 Å². The molecule has 0 saturated heterocycles. The maximum absolute atomic E-state index is 11.6. The molecule has 4 nitrogen and oxygen atoms in total. The minimum absolute atomic E-state index is 0.153.